The topological polar surface area (TPSA) is 135 Å². The summed E-state index contributed by atoms with van der Waals surface area (Å²) in [6.07, 6.45) is 1.76. The van der Waals surface area contributed by atoms with Crippen molar-refractivity contribution in [3.63, 3.8) is 0 Å². The van der Waals surface area contributed by atoms with Gasteiger partial charge in [-0.1, -0.05) is 38.1 Å². The van der Waals surface area contributed by atoms with Gasteiger partial charge in [-0.3, -0.25) is 14.4 Å². The van der Waals surface area contributed by atoms with Gasteiger partial charge >= 0.3 is 0 Å². The van der Waals surface area contributed by atoms with Gasteiger partial charge in [0.1, 0.15) is 18.6 Å². The summed E-state index contributed by atoms with van der Waals surface area (Å²) in [6, 6.07) is 8.27. The van der Waals surface area contributed by atoms with E-state index in [0.717, 1.165) is 21.0 Å². The highest BCUT2D eigenvalue weighted by molar-refractivity contribution is 7.15. The van der Waals surface area contributed by atoms with E-state index in [0.29, 0.717) is 6.29 Å². The molecule has 202 valence electrons. The van der Waals surface area contributed by atoms with Crippen molar-refractivity contribution < 1.29 is 28.8 Å². The molecule has 1 saturated heterocycles. The van der Waals surface area contributed by atoms with E-state index < -0.39 is 18.1 Å². The number of benzene rings is 1. The Kier molecular flexibility index (Phi) is 8.58. The molecule has 0 radical (unpaired) electrons. The first-order valence-corrected chi connectivity index (χ1v) is 13.3. The highest BCUT2D eigenvalue weighted by Gasteiger charge is 2.43. The van der Waals surface area contributed by atoms with Crippen LogP contribution >= 0.6 is 11.3 Å². The molecule has 1 aromatic carbocycles. The summed E-state index contributed by atoms with van der Waals surface area (Å²) in [6.45, 7) is 7.42. The van der Waals surface area contributed by atoms with E-state index >= 15 is 0 Å². The molecule has 0 bridgehead atoms. The van der Waals surface area contributed by atoms with Gasteiger partial charge in [0.25, 0.3) is 5.88 Å². The summed E-state index contributed by atoms with van der Waals surface area (Å²) in [5, 5.41) is 18.2. The van der Waals surface area contributed by atoms with Crippen LogP contribution in [0.1, 0.15) is 55.5 Å². The number of likely N-dealkylation sites (tertiary alicyclic amines) is 1. The maximum atomic E-state index is 13.6. The lowest BCUT2D eigenvalue weighted by atomic mass is 9.91. The Labute approximate surface area is 225 Å². The molecule has 11 heteroatoms. The Balaban J connectivity index is 1.46. The predicted octanol–water partition coefficient (Wildman–Crippen LogP) is 3.26. The number of β-amino-alcohol motifs (C(OH)–C–C–N with tert-alkyl or cyclic N) is 1. The van der Waals surface area contributed by atoms with Gasteiger partial charge in [-0.25, -0.2) is 4.98 Å². The van der Waals surface area contributed by atoms with Gasteiger partial charge in [-0.15, -0.1) is 11.3 Å². The van der Waals surface area contributed by atoms with Crippen LogP contribution in [0.15, 0.2) is 41.1 Å². The molecule has 0 unspecified atom stereocenters. The number of aliphatic hydroxyl groups excluding tert-OH is 1. The predicted molar refractivity (Wildman–Crippen MR) is 141 cm³/mol. The number of hydrogen-bond acceptors (Lipinski definition) is 9. The molecule has 10 nitrogen and oxygen atoms in total. The standard InChI is InChI=1S/C27H32N4O6S/c1-15(2)25(22-12-24(30-37-22)36-10-9-32)27(35)31-14-20(33)11-21(31)26(34)29-16(3)18-5-7-19(8-6-18)23-13-28-17(4)38-23/h5-9,12-13,15-16,20-21,25,33H,10-11,14H2,1-4H3,(H,29,34)/t16-,20+,21-,25-/m0/s1. The first kappa shape index (κ1) is 27.5. The number of aromatic nitrogens is 2. The number of aryl methyl sites for hydroxylation is 1. The van der Waals surface area contributed by atoms with Gasteiger partial charge in [0, 0.05) is 25.2 Å². The zero-order valence-electron chi connectivity index (χ0n) is 21.8. The van der Waals surface area contributed by atoms with Crippen LogP contribution in [0.3, 0.4) is 0 Å². The summed E-state index contributed by atoms with van der Waals surface area (Å²) < 4.78 is 10.5. The second kappa shape index (κ2) is 11.9. The largest absolute Gasteiger partial charge is 0.468 e. The van der Waals surface area contributed by atoms with Crippen molar-refractivity contribution in [2.24, 2.45) is 5.92 Å². The van der Waals surface area contributed by atoms with Crippen molar-refractivity contribution in [3.8, 4) is 16.3 Å². The molecule has 1 aliphatic rings. The molecule has 0 saturated carbocycles. The first-order chi connectivity index (χ1) is 18.2. The van der Waals surface area contributed by atoms with Crippen molar-refractivity contribution in [1.82, 2.24) is 20.4 Å². The van der Waals surface area contributed by atoms with Gasteiger partial charge in [0.05, 0.1) is 22.0 Å². The van der Waals surface area contributed by atoms with Crippen LogP contribution in [0.4, 0.5) is 0 Å². The Bertz CT molecular complexity index is 1270. The van der Waals surface area contributed by atoms with Crippen molar-refractivity contribution in [2.75, 3.05) is 13.2 Å². The van der Waals surface area contributed by atoms with E-state index in [1.54, 1.807) is 11.3 Å². The lowest BCUT2D eigenvalue weighted by molar-refractivity contribution is -0.141. The molecule has 38 heavy (non-hydrogen) atoms. The molecular formula is C27H32N4O6S. The fourth-order valence-corrected chi connectivity index (χ4v) is 5.43. The maximum Gasteiger partial charge on any atom is 0.254 e. The average molecular weight is 541 g/mol. The number of amides is 2. The van der Waals surface area contributed by atoms with Crippen LogP contribution < -0.4 is 10.1 Å². The third-order valence-corrected chi connectivity index (χ3v) is 7.55. The molecule has 2 amide bonds. The summed E-state index contributed by atoms with van der Waals surface area (Å²) in [7, 11) is 0. The van der Waals surface area contributed by atoms with Crippen LogP contribution in [-0.2, 0) is 14.4 Å². The molecule has 0 spiro atoms. The first-order valence-electron chi connectivity index (χ1n) is 12.5. The molecule has 2 N–H and O–H groups in total. The molecular weight excluding hydrogens is 508 g/mol. The number of hydrogen-bond donors (Lipinski definition) is 2. The van der Waals surface area contributed by atoms with Crippen molar-refractivity contribution in [1.29, 1.82) is 0 Å². The van der Waals surface area contributed by atoms with Gasteiger partial charge in [-0.05, 0) is 36.0 Å². The van der Waals surface area contributed by atoms with Crippen LogP contribution in [0.25, 0.3) is 10.4 Å². The van der Waals surface area contributed by atoms with E-state index in [4.69, 9.17) is 9.26 Å². The Hall–Kier alpha value is -3.57. The van der Waals surface area contributed by atoms with Gasteiger partial charge < -0.3 is 24.6 Å². The second-order valence-corrected chi connectivity index (χ2v) is 11.0. The number of carbonyl (C=O) groups excluding carboxylic acids is 3. The minimum Gasteiger partial charge on any atom is -0.468 e. The summed E-state index contributed by atoms with van der Waals surface area (Å²) in [5.74, 6) is -1.22. The second-order valence-electron chi connectivity index (χ2n) is 9.76. The van der Waals surface area contributed by atoms with Crippen LogP contribution in [0, 0.1) is 12.8 Å². The number of nitrogens with zero attached hydrogens (tertiary/aromatic N) is 3. The Morgan fingerprint density at radius 2 is 2.03 bits per heavy atom. The molecule has 3 heterocycles. The number of carbonyl (C=O) groups is 3. The van der Waals surface area contributed by atoms with Crippen LogP contribution in [0.2, 0.25) is 0 Å². The Morgan fingerprint density at radius 1 is 1.29 bits per heavy atom. The maximum absolute atomic E-state index is 13.6. The van der Waals surface area contributed by atoms with Crippen molar-refractivity contribution in [2.45, 2.75) is 58.2 Å². The number of nitrogens with one attached hydrogen (secondary N) is 1. The molecule has 2 aromatic heterocycles. The van der Waals surface area contributed by atoms with E-state index in [-0.39, 0.29) is 55.0 Å². The third kappa shape index (κ3) is 6.11. The van der Waals surface area contributed by atoms with E-state index in [9.17, 15) is 19.5 Å². The number of thiazole rings is 1. The van der Waals surface area contributed by atoms with E-state index in [1.165, 1.54) is 11.0 Å². The summed E-state index contributed by atoms with van der Waals surface area (Å²) in [4.78, 5) is 44.3. The molecule has 1 aliphatic heterocycles. The smallest absolute Gasteiger partial charge is 0.254 e. The fraction of sp³-hybridized carbons (Fsp3) is 0.444. The van der Waals surface area contributed by atoms with Gasteiger partial charge in [0.2, 0.25) is 11.8 Å². The van der Waals surface area contributed by atoms with Gasteiger partial charge in [-0.2, -0.15) is 0 Å². The number of aliphatic hydroxyl groups is 1. The molecule has 4 atom stereocenters. The lowest BCUT2D eigenvalue weighted by Gasteiger charge is -2.29. The zero-order chi connectivity index (χ0) is 27.4. The Morgan fingerprint density at radius 3 is 2.66 bits per heavy atom. The number of aldehydes is 1. The fourth-order valence-electron chi connectivity index (χ4n) is 4.65. The highest BCUT2D eigenvalue weighted by Crippen LogP contribution is 2.33. The lowest BCUT2D eigenvalue weighted by Crippen LogP contribution is -2.48. The van der Waals surface area contributed by atoms with Crippen LogP contribution in [-0.4, -0.2) is 63.5 Å². The zero-order valence-corrected chi connectivity index (χ0v) is 22.6. The minimum absolute atomic E-state index is 0.0418. The van der Waals surface area contributed by atoms with Gasteiger partial charge in [0.15, 0.2) is 12.0 Å². The molecule has 3 aromatic rings. The number of rotatable bonds is 10. The molecule has 4 rings (SSSR count). The highest BCUT2D eigenvalue weighted by atomic mass is 32.1. The summed E-state index contributed by atoms with van der Waals surface area (Å²) in [5.41, 5.74) is 1.98. The van der Waals surface area contributed by atoms with E-state index in [2.05, 4.69) is 15.5 Å². The summed E-state index contributed by atoms with van der Waals surface area (Å²) >= 11 is 1.62. The quantitative estimate of drug-likeness (QED) is 0.374. The molecule has 0 aliphatic carbocycles. The average Bonchev–Trinajstić information content (AvgIpc) is 3.62. The van der Waals surface area contributed by atoms with E-state index in [1.807, 2.05) is 58.2 Å². The normalized spacial score (nSPS) is 18.8. The minimum atomic E-state index is -0.825. The van der Waals surface area contributed by atoms with Crippen molar-refractivity contribution >= 4 is 29.4 Å². The van der Waals surface area contributed by atoms with Crippen molar-refractivity contribution in [3.05, 3.63) is 52.9 Å². The SMILES string of the molecule is Cc1ncc(-c2ccc([C@H](C)NC(=O)[C@@H]3C[C@@H](O)CN3C(=O)[C@H](c3cc(OCC=O)no3)C(C)C)cc2)s1. The third-order valence-electron chi connectivity index (χ3n) is 6.59. The number of ether oxygens (including phenoxy) is 1. The molecule has 1 fully saturated rings. The monoisotopic (exact) mass is 540 g/mol. The van der Waals surface area contributed by atoms with Crippen LogP contribution in [0.5, 0.6) is 5.88 Å².